The Labute approximate surface area is 167 Å². The van der Waals surface area contributed by atoms with Gasteiger partial charge in [-0.25, -0.2) is 14.7 Å². The monoisotopic (exact) mass is 432 g/mol. The summed E-state index contributed by atoms with van der Waals surface area (Å²) < 4.78 is 9.29. The quantitative estimate of drug-likeness (QED) is 0.172. The lowest BCUT2D eigenvalue weighted by Crippen LogP contribution is -2.59. The van der Waals surface area contributed by atoms with E-state index in [4.69, 9.17) is 31.0 Å². The van der Waals surface area contributed by atoms with Crippen molar-refractivity contribution in [1.82, 2.24) is 19.7 Å². The fourth-order valence-corrected chi connectivity index (χ4v) is 6.44. The standard InChI is InChI=1S/C14H21N7O7S/c15-4(10(24)25)1-2-29-8(18-29)7-5(22)6(23)9(26-7)19-3-20-14(28-20)11(16)17-13-21(27-13)12(14)19/h4-9,12-13,18,22-23H,1-3,15H2,(H2-,16,17,24,25)/p+1/t4-,5-,6+,7-,8-,9+,12?,13?,14-,20?,21?,29?/m0/s1. The number of hydroxylamine groups is 4. The summed E-state index contributed by atoms with van der Waals surface area (Å²) in [7, 11) is 0. The summed E-state index contributed by atoms with van der Waals surface area (Å²) in [5.74, 6) is -0.156. The number of amidine groups is 1. The van der Waals surface area contributed by atoms with Gasteiger partial charge >= 0.3 is 5.97 Å². The van der Waals surface area contributed by atoms with Crippen LogP contribution in [-0.2, 0) is 30.3 Å². The molecule has 6 rings (SSSR count). The van der Waals surface area contributed by atoms with Gasteiger partial charge in [-0.2, -0.15) is 0 Å². The first-order chi connectivity index (χ1) is 13.8. The molecule has 0 aliphatic carbocycles. The maximum absolute atomic E-state index is 10.9. The van der Waals surface area contributed by atoms with Gasteiger partial charge in [-0.1, -0.05) is 4.72 Å². The van der Waals surface area contributed by atoms with Crippen LogP contribution in [0.4, 0.5) is 0 Å². The van der Waals surface area contributed by atoms with Crippen molar-refractivity contribution < 1.29 is 34.5 Å². The zero-order valence-corrected chi connectivity index (χ0v) is 15.9. The number of rotatable bonds is 6. The highest BCUT2D eigenvalue weighted by Crippen LogP contribution is 2.55. The number of nitrogens with zero attached hydrogens (tertiary/aromatic N) is 4. The first-order valence-corrected chi connectivity index (χ1v) is 10.8. The maximum atomic E-state index is 10.9. The molecule has 0 bridgehead atoms. The molecule has 6 heterocycles. The third kappa shape index (κ3) is 2.55. The number of hydrogen-bond donors (Lipinski definition) is 6. The molecular weight excluding hydrogens is 410 g/mol. The number of nitrogens with one attached hydrogen (secondary N) is 1. The summed E-state index contributed by atoms with van der Waals surface area (Å²) >= 11 is -0.312. The van der Waals surface area contributed by atoms with E-state index >= 15 is 0 Å². The van der Waals surface area contributed by atoms with Crippen molar-refractivity contribution >= 4 is 22.9 Å². The van der Waals surface area contributed by atoms with Crippen LogP contribution in [0.3, 0.4) is 0 Å². The molecule has 1 spiro atoms. The predicted molar refractivity (Wildman–Crippen MR) is 94.5 cm³/mol. The van der Waals surface area contributed by atoms with Crippen molar-refractivity contribution in [2.75, 3.05) is 12.4 Å². The average molecular weight is 432 g/mol. The minimum absolute atomic E-state index is 0.156. The Kier molecular flexibility index (Phi) is 3.85. The number of hydrogen-bond acceptors (Lipinski definition) is 13. The molecule has 6 aliphatic rings. The van der Waals surface area contributed by atoms with Crippen LogP contribution in [0.2, 0.25) is 0 Å². The Morgan fingerprint density at radius 1 is 1.45 bits per heavy atom. The van der Waals surface area contributed by atoms with Crippen LogP contribution in [0.5, 0.6) is 0 Å². The highest BCUT2D eigenvalue weighted by Gasteiger charge is 2.80. The van der Waals surface area contributed by atoms with Crippen LogP contribution >= 0.6 is 0 Å². The molecule has 6 aliphatic heterocycles. The number of nitrogens with two attached hydrogens (primary N) is 2. The highest BCUT2D eigenvalue weighted by atomic mass is 32.2. The zero-order valence-electron chi connectivity index (χ0n) is 15.1. The normalized spacial score (nSPS) is 55.5. The van der Waals surface area contributed by atoms with E-state index in [2.05, 4.69) is 9.71 Å². The molecule has 14 nitrogen and oxygen atoms in total. The summed E-state index contributed by atoms with van der Waals surface area (Å²) in [5, 5.41) is 33.3. The first-order valence-electron chi connectivity index (χ1n) is 9.30. The van der Waals surface area contributed by atoms with E-state index in [9.17, 15) is 15.0 Å². The predicted octanol–water partition coefficient (Wildman–Crippen LogP) is -4.86. The van der Waals surface area contributed by atoms with E-state index in [0.29, 0.717) is 24.7 Å². The maximum Gasteiger partial charge on any atom is 0.320 e. The van der Waals surface area contributed by atoms with Crippen LogP contribution in [0.1, 0.15) is 6.42 Å². The van der Waals surface area contributed by atoms with Crippen molar-refractivity contribution in [3.8, 4) is 0 Å². The molecule has 0 radical (unpaired) electrons. The summed E-state index contributed by atoms with van der Waals surface area (Å²) in [6, 6.07) is -0.918. The van der Waals surface area contributed by atoms with Crippen LogP contribution in [-0.4, -0.2) is 109 Å². The van der Waals surface area contributed by atoms with Gasteiger partial charge in [-0.3, -0.25) is 9.63 Å². The van der Waals surface area contributed by atoms with Gasteiger partial charge in [0.1, 0.15) is 41.3 Å². The smallest absolute Gasteiger partial charge is 0.320 e. The first kappa shape index (κ1) is 18.6. The Hall–Kier alpha value is -1.11. The van der Waals surface area contributed by atoms with Gasteiger partial charge < -0.3 is 31.5 Å². The van der Waals surface area contributed by atoms with Gasteiger partial charge in [0.05, 0.1) is 6.67 Å². The number of aliphatic carboxylic acids is 1. The Balaban J connectivity index is 1.13. The van der Waals surface area contributed by atoms with Crippen LogP contribution < -0.4 is 16.2 Å². The van der Waals surface area contributed by atoms with Gasteiger partial charge in [-0.15, -0.1) is 10.1 Å². The second-order valence-electron chi connectivity index (χ2n) is 7.88. The number of carboxylic acids is 1. The largest absolute Gasteiger partial charge is 0.480 e. The molecule has 12 atom stereocenters. The highest BCUT2D eigenvalue weighted by molar-refractivity contribution is 8.01. The molecular formula is C14H22N7O7S+. The number of ether oxygens (including phenoxy) is 1. The molecule has 8 N–H and O–H groups in total. The number of aliphatic hydroxyl groups is 2. The SMILES string of the molecule is NC1=NC2ON2C2N([C@@H]3O[C@H]([C@H]4N[S+]4CC[C@H](N)C(=O)O)[C@@H](O)[C@H]3O)CN3O[C@@]123. The zero-order chi connectivity index (χ0) is 20.2. The van der Waals surface area contributed by atoms with Crippen molar-refractivity contribution in [2.45, 2.75) is 60.6 Å². The summed E-state index contributed by atoms with van der Waals surface area (Å²) in [5.41, 5.74) is 10.7. The number of aliphatic imine (C=N–C) groups is 1. The lowest BCUT2D eigenvalue weighted by Gasteiger charge is -2.34. The molecule has 0 aromatic carbocycles. The van der Waals surface area contributed by atoms with Crippen molar-refractivity contribution in [3.63, 3.8) is 0 Å². The molecule has 0 aromatic rings. The van der Waals surface area contributed by atoms with Crippen LogP contribution in [0.15, 0.2) is 4.99 Å². The van der Waals surface area contributed by atoms with E-state index in [1.54, 1.807) is 10.1 Å². The molecule has 0 saturated carbocycles. The number of carbonyl (C=O) groups is 1. The second-order valence-corrected chi connectivity index (χ2v) is 9.89. The molecule has 5 fully saturated rings. The molecule has 29 heavy (non-hydrogen) atoms. The van der Waals surface area contributed by atoms with Crippen LogP contribution in [0.25, 0.3) is 0 Å². The summed E-state index contributed by atoms with van der Waals surface area (Å²) in [6.07, 6.45) is -4.20. The van der Waals surface area contributed by atoms with Gasteiger partial charge in [0.15, 0.2) is 18.1 Å². The average Bonchev–Trinajstić information content (AvgIpc) is 3.62. The van der Waals surface area contributed by atoms with Crippen LogP contribution in [0, 0.1) is 0 Å². The number of carboxylic acid groups (broad SMARTS) is 1. The lowest BCUT2D eigenvalue weighted by molar-refractivity contribution is -0.151. The van der Waals surface area contributed by atoms with E-state index < -0.39 is 54.8 Å². The molecule has 5 unspecified atom stereocenters. The van der Waals surface area contributed by atoms with Crippen molar-refractivity contribution in [2.24, 2.45) is 16.5 Å². The number of fused-ring (bicyclic) bond motifs is 2. The van der Waals surface area contributed by atoms with E-state index in [1.807, 2.05) is 4.90 Å². The Morgan fingerprint density at radius 2 is 2.24 bits per heavy atom. The summed E-state index contributed by atoms with van der Waals surface area (Å²) in [4.78, 5) is 28.0. The molecule has 0 amide bonds. The second kappa shape index (κ2) is 5.98. The molecule has 0 aromatic heterocycles. The van der Waals surface area contributed by atoms with Crippen molar-refractivity contribution in [1.29, 1.82) is 0 Å². The third-order valence-corrected chi connectivity index (χ3v) is 8.15. The fraction of sp³-hybridized carbons (Fsp3) is 0.857. The van der Waals surface area contributed by atoms with Gasteiger partial charge in [0.2, 0.25) is 0 Å². The fourth-order valence-electron chi connectivity index (χ4n) is 4.43. The number of aliphatic hydroxyl groups excluding tert-OH is 2. The van der Waals surface area contributed by atoms with Crippen molar-refractivity contribution in [3.05, 3.63) is 0 Å². The van der Waals surface area contributed by atoms with Gasteiger partial charge in [-0.05, 0) is 0 Å². The molecule has 5 saturated heterocycles. The Morgan fingerprint density at radius 3 is 3.00 bits per heavy atom. The van der Waals surface area contributed by atoms with Gasteiger partial charge in [0.25, 0.3) is 17.5 Å². The summed E-state index contributed by atoms with van der Waals surface area (Å²) in [6.45, 7) is 0.311. The van der Waals surface area contributed by atoms with E-state index in [-0.39, 0.29) is 16.5 Å². The third-order valence-electron chi connectivity index (χ3n) is 6.17. The van der Waals surface area contributed by atoms with E-state index in [0.717, 1.165) is 0 Å². The van der Waals surface area contributed by atoms with Gasteiger partial charge in [0, 0.05) is 6.42 Å². The Bertz CT molecular complexity index is 791. The minimum atomic E-state index is -1.14. The molecule has 15 heteroatoms. The minimum Gasteiger partial charge on any atom is -0.480 e. The van der Waals surface area contributed by atoms with E-state index in [1.165, 1.54) is 0 Å². The lowest BCUT2D eigenvalue weighted by atomic mass is 10.1. The topological polar surface area (TPSA) is 208 Å². The molecule has 160 valence electrons.